The van der Waals surface area contributed by atoms with Crippen molar-refractivity contribution < 1.29 is 9.53 Å². The molecular formula is C38H64ClN3O2. The highest BCUT2D eigenvalue weighted by atomic mass is 35.5. The molecule has 1 aromatic heterocycles. The molecule has 44 heavy (non-hydrogen) atoms. The van der Waals surface area contributed by atoms with Crippen molar-refractivity contribution in [1.82, 2.24) is 15.2 Å². The predicted molar refractivity (Wildman–Crippen MR) is 193 cm³/mol. The van der Waals surface area contributed by atoms with Crippen LogP contribution in [-0.2, 0) is 4.74 Å². The number of benzene rings is 1. The highest BCUT2D eigenvalue weighted by molar-refractivity contribution is 6.30. The first-order valence-corrected chi connectivity index (χ1v) is 17.5. The van der Waals surface area contributed by atoms with Crippen molar-refractivity contribution in [2.24, 2.45) is 5.92 Å². The van der Waals surface area contributed by atoms with Gasteiger partial charge in [0.05, 0.1) is 5.69 Å². The second kappa shape index (κ2) is 23.9. The molecule has 3 rings (SSSR count). The molecule has 1 saturated heterocycles. The Morgan fingerprint density at radius 2 is 1.73 bits per heavy atom. The molecule has 0 spiro atoms. The summed E-state index contributed by atoms with van der Waals surface area (Å²) in [6.45, 7) is 28.1. The van der Waals surface area contributed by atoms with Crippen molar-refractivity contribution in [3.05, 3.63) is 70.5 Å². The summed E-state index contributed by atoms with van der Waals surface area (Å²) in [6, 6.07) is 10.2. The van der Waals surface area contributed by atoms with Crippen molar-refractivity contribution in [2.75, 3.05) is 26.2 Å². The molecule has 2 aromatic rings. The topological polar surface area (TPSA) is 54.5 Å². The van der Waals surface area contributed by atoms with E-state index in [9.17, 15) is 4.79 Å². The molecule has 0 bridgehead atoms. The molecule has 0 aliphatic carbocycles. The smallest absolute Gasteiger partial charge is 0.410 e. The minimum absolute atomic E-state index is 0.189. The van der Waals surface area contributed by atoms with Gasteiger partial charge < -0.3 is 15.0 Å². The van der Waals surface area contributed by atoms with Crippen LogP contribution in [0.4, 0.5) is 4.79 Å². The van der Waals surface area contributed by atoms with E-state index in [0.717, 1.165) is 61.5 Å². The molecule has 1 aliphatic heterocycles. The van der Waals surface area contributed by atoms with Gasteiger partial charge in [0.25, 0.3) is 0 Å². The number of nitrogens with zero attached hydrogens (tertiary/aromatic N) is 2. The highest BCUT2D eigenvalue weighted by Crippen LogP contribution is 2.35. The van der Waals surface area contributed by atoms with E-state index in [4.69, 9.17) is 21.3 Å². The van der Waals surface area contributed by atoms with Crippen LogP contribution in [0.25, 0.3) is 6.08 Å². The molecule has 1 N–H and O–H groups in total. The van der Waals surface area contributed by atoms with Crippen LogP contribution in [0.15, 0.2) is 43.1 Å². The lowest BCUT2D eigenvalue weighted by atomic mass is 9.83. The van der Waals surface area contributed by atoms with Crippen molar-refractivity contribution in [2.45, 2.75) is 126 Å². The van der Waals surface area contributed by atoms with Crippen LogP contribution in [0.1, 0.15) is 136 Å². The average Bonchev–Trinajstić information content (AvgIpc) is 3.02. The normalized spacial score (nSPS) is 13.7. The van der Waals surface area contributed by atoms with Crippen LogP contribution in [-0.4, -0.2) is 47.8 Å². The third-order valence-electron chi connectivity index (χ3n) is 7.25. The molecule has 0 radical (unpaired) electrons. The molecule has 1 unspecified atom stereocenters. The molecule has 1 amide bonds. The predicted octanol–water partition coefficient (Wildman–Crippen LogP) is 11.1. The van der Waals surface area contributed by atoms with Crippen LogP contribution >= 0.6 is 11.6 Å². The summed E-state index contributed by atoms with van der Waals surface area (Å²) in [7, 11) is 0. The maximum atomic E-state index is 12.3. The van der Waals surface area contributed by atoms with Gasteiger partial charge in [-0.1, -0.05) is 90.8 Å². The Morgan fingerprint density at radius 3 is 2.25 bits per heavy atom. The zero-order chi connectivity index (χ0) is 33.5. The van der Waals surface area contributed by atoms with E-state index in [-0.39, 0.29) is 12.0 Å². The number of hydrogen-bond donors (Lipinski definition) is 1. The van der Waals surface area contributed by atoms with E-state index in [0.29, 0.717) is 5.92 Å². The van der Waals surface area contributed by atoms with Gasteiger partial charge in [-0.25, -0.2) is 4.79 Å². The van der Waals surface area contributed by atoms with E-state index in [1.165, 1.54) is 37.1 Å². The number of aryl methyl sites for hydroxylation is 1. The third kappa shape index (κ3) is 16.1. The fourth-order valence-electron chi connectivity index (χ4n) is 5.18. The fourth-order valence-corrected chi connectivity index (χ4v) is 5.41. The van der Waals surface area contributed by atoms with Gasteiger partial charge in [0.1, 0.15) is 5.60 Å². The molecule has 6 heteroatoms. The number of carbonyl (C=O) groups excluding carboxylic acids is 1. The molecule has 1 atom stereocenters. The van der Waals surface area contributed by atoms with Gasteiger partial charge in [0.15, 0.2) is 0 Å². The number of hydrogen-bond acceptors (Lipinski definition) is 4. The van der Waals surface area contributed by atoms with E-state index in [2.05, 4.69) is 44.8 Å². The Hall–Kier alpha value is -2.37. The van der Waals surface area contributed by atoms with Crippen molar-refractivity contribution in [3.8, 4) is 0 Å². The third-order valence-corrected chi connectivity index (χ3v) is 7.49. The monoisotopic (exact) mass is 629 g/mol. The molecule has 1 fully saturated rings. The number of ether oxygens (including phenoxy) is 1. The first-order chi connectivity index (χ1) is 21.1. The molecule has 5 nitrogen and oxygen atoms in total. The number of piperidine rings is 1. The van der Waals surface area contributed by atoms with E-state index >= 15 is 0 Å². The van der Waals surface area contributed by atoms with Gasteiger partial charge in [0.2, 0.25) is 0 Å². The molecule has 1 aromatic carbocycles. The van der Waals surface area contributed by atoms with Crippen molar-refractivity contribution >= 4 is 23.8 Å². The lowest BCUT2D eigenvalue weighted by molar-refractivity contribution is 0.0180. The minimum Gasteiger partial charge on any atom is -0.444 e. The number of pyridine rings is 1. The number of rotatable bonds is 11. The highest BCUT2D eigenvalue weighted by Gasteiger charge is 2.27. The Bertz CT molecular complexity index is 1040. The number of aromatic nitrogens is 1. The van der Waals surface area contributed by atoms with Crippen LogP contribution in [0, 0.1) is 12.8 Å². The maximum Gasteiger partial charge on any atom is 0.410 e. The Balaban J connectivity index is 0.00000146. The zero-order valence-electron chi connectivity index (χ0n) is 29.8. The summed E-state index contributed by atoms with van der Waals surface area (Å²) in [5.74, 6) is 0.844. The van der Waals surface area contributed by atoms with Crippen LogP contribution in [0.5, 0.6) is 0 Å². The van der Waals surface area contributed by atoms with Gasteiger partial charge in [0, 0.05) is 30.2 Å². The largest absolute Gasteiger partial charge is 0.444 e. The first kappa shape index (κ1) is 41.6. The summed E-state index contributed by atoms with van der Waals surface area (Å²) in [6.07, 6.45) is 11.4. The van der Waals surface area contributed by atoms with Crippen LogP contribution in [0.2, 0.25) is 5.02 Å². The first-order valence-electron chi connectivity index (χ1n) is 17.1. The fraction of sp³-hybridized carbons (Fsp3) is 0.632. The lowest BCUT2D eigenvalue weighted by Crippen LogP contribution is -2.41. The van der Waals surface area contributed by atoms with Gasteiger partial charge >= 0.3 is 6.09 Å². The van der Waals surface area contributed by atoms with Gasteiger partial charge in [-0.15, -0.1) is 0 Å². The molecule has 2 heterocycles. The summed E-state index contributed by atoms with van der Waals surface area (Å²) < 4.78 is 5.53. The van der Waals surface area contributed by atoms with Crippen molar-refractivity contribution in [1.29, 1.82) is 0 Å². The van der Waals surface area contributed by atoms with Gasteiger partial charge in [-0.05, 0) is 114 Å². The summed E-state index contributed by atoms with van der Waals surface area (Å²) in [5.41, 5.74) is 4.19. The van der Waals surface area contributed by atoms with Gasteiger partial charge in [-0.2, -0.15) is 0 Å². The Labute approximate surface area is 276 Å². The second-order valence-corrected chi connectivity index (χ2v) is 12.3. The van der Waals surface area contributed by atoms with E-state index in [1.54, 1.807) is 0 Å². The summed E-state index contributed by atoms with van der Waals surface area (Å²) in [5, 5.41) is 4.05. The molecule has 1 aliphatic rings. The summed E-state index contributed by atoms with van der Waals surface area (Å²) >= 11 is 6.23. The number of amides is 1. The van der Waals surface area contributed by atoms with Crippen molar-refractivity contribution in [3.63, 3.8) is 0 Å². The number of carbonyl (C=O) groups is 1. The van der Waals surface area contributed by atoms with E-state index < -0.39 is 5.60 Å². The number of nitrogens with one attached hydrogen (secondary N) is 1. The Morgan fingerprint density at radius 1 is 1.11 bits per heavy atom. The quantitative estimate of drug-likeness (QED) is 0.251. The number of likely N-dealkylation sites (tertiary alicyclic amines) is 1. The average molecular weight is 630 g/mol. The minimum atomic E-state index is -0.446. The molecular weight excluding hydrogens is 566 g/mol. The van der Waals surface area contributed by atoms with Gasteiger partial charge in [-0.3, -0.25) is 4.98 Å². The second-order valence-electron chi connectivity index (χ2n) is 11.8. The molecule has 0 saturated carbocycles. The zero-order valence-corrected chi connectivity index (χ0v) is 30.5. The maximum absolute atomic E-state index is 12.3. The van der Waals surface area contributed by atoms with Crippen LogP contribution in [0.3, 0.4) is 0 Å². The van der Waals surface area contributed by atoms with E-state index in [1.807, 2.05) is 83.8 Å². The standard InChI is InChI=1S/C28H37ClN2O2.C6H15N.2C2H6/c1-6-22-10-8-16-30-26(22)25(24-13-12-23(29)19-20(24)2)11-7-9-21-14-17-31(18-15-21)27(32)33-28(3,4)5;1-3-5-7-6-4-2;2*1-2/h6,8,10,12-13,16,19,21,25H,1,7,9,11,14-15,17-18H2,2-5H3;7H,3-6H2,1-2H3;2*1-2H3. The summed E-state index contributed by atoms with van der Waals surface area (Å²) in [4.78, 5) is 18.9. The number of halogens is 1. The lowest BCUT2D eigenvalue weighted by Gasteiger charge is -2.33. The Kier molecular flexibility index (Phi) is 22.6. The SMILES string of the molecule is C=Cc1cccnc1C(CCCC1CCN(C(=O)OC(C)(C)C)CC1)c1ccc(Cl)cc1C.CC.CC.CCCNCCC. The van der Waals surface area contributed by atoms with Crippen LogP contribution < -0.4 is 5.32 Å². The molecule has 250 valence electrons.